The molecule has 0 spiro atoms. The first-order valence-electron chi connectivity index (χ1n) is 9.00. The van der Waals surface area contributed by atoms with Gasteiger partial charge >= 0.3 is 0 Å². The zero-order chi connectivity index (χ0) is 16.2. The lowest BCUT2D eigenvalue weighted by Gasteiger charge is -2.56. The highest BCUT2D eigenvalue weighted by molar-refractivity contribution is 5.94. The highest BCUT2D eigenvalue weighted by Gasteiger charge is 2.53. The quantitative estimate of drug-likeness (QED) is 0.621. The van der Waals surface area contributed by atoms with Gasteiger partial charge in [0.05, 0.1) is 6.10 Å². The molecule has 0 unspecified atom stereocenters. The standard InChI is InChI=1S/C21H26O2/c1-13(22)14-6-9-17-15(12-14)7-11-19-18(17)10-8-16-4-3-5-20(23)21(16,19)2/h3,5-6,9,12,16,18-20,23H,4,7-8,10-11H2,1-2H3/t16-,18+,19+,20+,21+/m1/s1. The van der Waals surface area contributed by atoms with E-state index in [1.807, 2.05) is 12.1 Å². The van der Waals surface area contributed by atoms with Crippen LogP contribution >= 0.6 is 0 Å². The summed E-state index contributed by atoms with van der Waals surface area (Å²) < 4.78 is 0. The van der Waals surface area contributed by atoms with Gasteiger partial charge in [0.2, 0.25) is 0 Å². The Kier molecular flexibility index (Phi) is 3.49. The molecule has 0 bridgehead atoms. The van der Waals surface area contributed by atoms with Crippen LogP contribution in [0.5, 0.6) is 0 Å². The summed E-state index contributed by atoms with van der Waals surface area (Å²) in [6, 6.07) is 6.30. The fourth-order valence-corrected chi connectivity index (χ4v) is 5.64. The van der Waals surface area contributed by atoms with Crippen molar-refractivity contribution < 1.29 is 9.90 Å². The smallest absolute Gasteiger partial charge is 0.159 e. The molecule has 0 heterocycles. The Morgan fingerprint density at radius 3 is 2.87 bits per heavy atom. The average Bonchev–Trinajstić information content (AvgIpc) is 2.55. The van der Waals surface area contributed by atoms with Crippen molar-refractivity contribution in [2.45, 2.75) is 58.0 Å². The van der Waals surface area contributed by atoms with E-state index in [2.05, 4.69) is 25.1 Å². The van der Waals surface area contributed by atoms with Crippen LogP contribution in [0.4, 0.5) is 0 Å². The predicted molar refractivity (Wildman–Crippen MR) is 91.6 cm³/mol. The van der Waals surface area contributed by atoms with Crippen molar-refractivity contribution in [3.05, 3.63) is 47.0 Å². The third kappa shape index (κ3) is 2.15. The Hall–Kier alpha value is -1.41. The molecule has 0 aromatic heterocycles. The van der Waals surface area contributed by atoms with Gasteiger partial charge in [0.1, 0.15) is 0 Å². The number of carbonyl (C=O) groups excluding carboxylic acids is 1. The first-order chi connectivity index (χ1) is 11.0. The minimum absolute atomic E-state index is 0.00854. The summed E-state index contributed by atoms with van der Waals surface area (Å²) in [6.07, 6.45) is 9.60. The predicted octanol–water partition coefficient (Wildman–Crippen LogP) is 4.27. The van der Waals surface area contributed by atoms with Crippen LogP contribution in [0.1, 0.15) is 66.9 Å². The second-order valence-electron chi connectivity index (χ2n) is 7.97. The molecule has 4 rings (SSSR count). The van der Waals surface area contributed by atoms with Crippen molar-refractivity contribution in [1.82, 2.24) is 0 Å². The Labute approximate surface area is 138 Å². The van der Waals surface area contributed by atoms with E-state index in [1.165, 1.54) is 24.0 Å². The van der Waals surface area contributed by atoms with Crippen molar-refractivity contribution >= 4 is 5.78 Å². The molecule has 2 nitrogen and oxygen atoms in total. The highest BCUT2D eigenvalue weighted by atomic mass is 16.3. The number of Topliss-reactive ketones (excluding diaryl/α,β-unsaturated/α-hetero) is 1. The van der Waals surface area contributed by atoms with Gasteiger partial charge in [0.15, 0.2) is 5.78 Å². The van der Waals surface area contributed by atoms with Gasteiger partial charge in [-0.25, -0.2) is 0 Å². The van der Waals surface area contributed by atoms with Gasteiger partial charge in [-0.2, -0.15) is 0 Å². The van der Waals surface area contributed by atoms with E-state index in [0.29, 0.717) is 17.8 Å². The number of aliphatic hydroxyl groups excluding tert-OH is 1. The normalized spacial score (nSPS) is 38.4. The first kappa shape index (κ1) is 15.1. The number of benzene rings is 1. The average molecular weight is 310 g/mol. The van der Waals surface area contributed by atoms with Crippen LogP contribution in [0.2, 0.25) is 0 Å². The van der Waals surface area contributed by atoms with Gasteiger partial charge < -0.3 is 5.11 Å². The molecular formula is C21H26O2. The molecule has 1 aromatic carbocycles. The van der Waals surface area contributed by atoms with Crippen molar-refractivity contribution in [3.8, 4) is 0 Å². The number of aryl methyl sites for hydroxylation is 1. The van der Waals surface area contributed by atoms with E-state index in [1.54, 1.807) is 6.92 Å². The van der Waals surface area contributed by atoms with Gasteiger partial charge in [-0.15, -0.1) is 0 Å². The number of carbonyl (C=O) groups is 1. The molecule has 3 aliphatic rings. The maximum Gasteiger partial charge on any atom is 0.159 e. The van der Waals surface area contributed by atoms with Crippen molar-refractivity contribution in [3.63, 3.8) is 0 Å². The summed E-state index contributed by atoms with van der Waals surface area (Å²) in [6.45, 7) is 3.96. The van der Waals surface area contributed by atoms with E-state index in [4.69, 9.17) is 0 Å². The number of allylic oxidation sites excluding steroid dienone is 1. The van der Waals surface area contributed by atoms with Gasteiger partial charge in [0.25, 0.3) is 0 Å². The molecule has 1 aromatic rings. The van der Waals surface area contributed by atoms with E-state index in [0.717, 1.165) is 24.8 Å². The fraction of sp³-hybridized carbons (Fsp3) is 0.571. The molecule has 0 radical (unpaired) electrons. The molecule has 0 amide bonds. The fourth-order valence-electron chi connectivity index (χ4n) is 5.64. The second-order valence-corrected chi connectivity index (χ2v) is 7.97. The van der Waals surface area contributed by atoms with Gasteiger partial charge in [-0.3, -0.25) is 4.79 Å². The zero-order valence-corrected chi connectivity index (χ0v) is 14.1. The van der Waals surface area contributed by atoms with Gasteiger partial charge in [-0.05, 0) is 74.0 Å². The highest BCUT2D eigenvalue weighted by Crippen LogP contribution is 2.59. The summed E-state index contributed by atoms with van der Waals surface area (Å²) >= 11 is 0. The number of ketones is 1. The zero-order valence-electron chi connectivity index (χ0n) is 14.1. The maximum atomic E-state index is 11.7. The van der Waals surface area contributed by atoms with Crippen molar-refractivity contribution in [2.24, 2.45) is 17.3 Å². The van der Waals surface area contributed by atoms with E-state index < -0.39 is 0 Å². The molecule has 1 fully saturated rings. The molecule has 23 heavy (non-hydrogen) atoms. The van der Waals surface area contributed by atoms with Crippen LogP contribution in [-0.2, 0) is 6.42 Å². The Bertz CT molecular complexity index is 674. The molecule has 1 saturated carbocycles. The molecule has 0 aliphatic heterocycles. The summed E-state index contributed by atoms with van der Waals surface area (Å²) in [5.74, 6) is 1.86. The molecular weight excluding hydrogens is 284 g/mol. The van der Waals surface area contributed by atoms with Gasteiger partial charge in [0, 0.05) is 11.0 Å². The number of hydrogen-bond acceptors (Lipinski definition) is 2. The van der Waals surface area contributed by atoms with Crippen molar-refractivity contribution in [1.29, 1.82) is 0 Å². The minimum atomic E-state index is -0.313. The van der Waals surface area contributed by atoms with Crippen molar-refractivity contribution in [2.75, 3.05) is 0 Å². The molecule has 3 aliphatic carbocycles. The number of rotatable bonds is 1. The van der Waals surface area contributed by atoms with E-state index in [9.17, 15) is 9.90 Å². The van der Waals surface area contributed by atoms with E-state index >= 15 is 0 Å². The first-order valence-corrected chi connectivity index (χ1v) is 9.00. The van der Waals surface area contributed by atoms with Crippen LogP contribution in [0.3, 0.4) is 0 Å². The lowest BCUT2D eigenvalue weighted by atomic mass is 9.49. The largest absolute Gasteiger partial charge is 0.388 e. The van der Waals surface area contributed by atoms with Crippen LogP contribution < -0.4 is 0 Å². The third-order valence-corrected chi connectivity index (χ3v) is 7.04. The van der Waals surface area contributed by atoms with Crippen LogP contribution in [-0.4, -0.2) is 17.0 Å². The molecule has 5 atom stereocenters. The molecule has 1 N–H and O–H groups in total. The Balaban J connectivity index is 1.74. The van der Waals surface area contributed by atoms with Gasteiger partial charge in [-0.1, -0.05) is 31.2 Å². The van der Waals surface area contributed by atoms with Crippen LogP contribution in [0.25, 0.3) is 0 Å². The lowest BCUT2D eigenvalue weighted by molar-refractivity contribution is -0.0735. The van der Waals surface area contributed by atoms with E-state index in [-0.39, 0.29) is 17.3 Å². The summed E-state index contributed by atoms with van der Waals surface area (Å²) in [7, 11) is 0. The van der Waals surface area contributed by atoms with Crippen LogP contribution in [0, 0.1) is 17.3 Å². The Morgan fingerprint density at radius 1 is 1.26 bits per heavy atom. The number of aliphatic hydroxyl groups is 1. The summed E-state index contributed by atoms with van der Waals surface area (Å²) in [5, 5.41) is 10.7. The molecule has 0 saturated heterocycles. The maximum absolute atomic E-state index is 11.7. The minimum Gasteiger partial charge on any atom is -0.388 e. The molecule has 2 heteroatoms. The van der Waals surface area contributed by atoms with Crippen LogP contribution in [0.15, 0.2) is 30.4 Å². The Morgan fingerprint density at radius 2 is 2.09 bits per heavy atom. The summed E-state index contributed by atoms with van der Waals surface area (Å²) in [4.78, 5) is 11.7. The monoisotopic (exact) mass is 310 g/mol. The number of fused-ring (bicyclic) bond motifs is 5. The summed E-state index contributed by atoms with van der Waals surface area (Å²) in [5.41, 5.74) is 3.64. The lowest BCUT2D eigenvalue weighted by Crippen LogP contribution is -2.52. The number of hydrogen-bond donors (Lipinski definition) is 1. The topological polar surface area (TPSA) is 37.3 Å². The third-order valence-electron chi connectivity index (χ3n) is 7.04. The second kappa shape index (κ2) is 5.31. The molecule has 122 valence electrons. The SMILES string of the molecule is CC(=O)c1ccc2c(c1)CC[C@H]1[C@H]2CC[C@H]2CC=C[C@H](O)[C@@]21C.